The number of halogens is 2. The van der Waals surface area contributed by atoms with E-state index in [0.717, 1.165) is 18.7 Å². The fourth-order valence-corrected chi connectivity index (χ4v) is 2.48. The van der Waals surface area contributed by atoms with Crippen molar-refractivity contribution in [1.29, 1.82) is 0 Å². The van der Waals surface area contributed by atoms with Crippen LogP contribution in [-0.2, 0) is 0 Å². The molecule has 1 aromatic heterocycles. The molecule has 2 amide bonds. The predicted molar refractivity (Wildman–Crippen MR) is 96.5 cm³/mol. The molecule has 0 saturated carbocycles. The average molecular weight is 387 g/mol. The van der Waals surface area contributed by atoms with E-state index in [0.29, 0.717) is 23.1 Å². The lowest BCUT2D eigenvalue weighted by molar-refractivity contribution is 0.0992. The van der Waals surface area contributed by atoms with Gasteiger partial charge in [0.1, 0.15) is 17.4 Å². The van der Waals surface area contributed by atoms with Crippen LogP contribution in [0.2, 0.25) is 0 Å². The Labute approximate surface area is 158 Å². The van der Waals surface area contributed by atoms with Gasteiger partial charge in [-0.15, -0.1) is 0 Å². The van der Waals surface area contributed by atoms with Gasteiger partial charge in [0, 0.05) is 6.07 Å². The molecular formula is C19H15F2N3O4. The zero-order valence-corrected chi connectivity index (χ0v) is 14.9. The second-order valence-electron chi connectivity index (χ2n) is 5.74. The SMILES string of the molecule is COc1cccc(C)c1NC(=O)c1cc(NC(=O)c2cnco2)c(F)cc1F. The fourth-order valence-electron chi connectivity index (χ4n) is 2.48. The Balaban J connectivity index is 1.90. The number of ether oxygens (including phenoxy) is 1. The molecule has 0 radical (unpaired) electrons. The van der Waals surface area contributed by atoms with Crippen LogP contribution in [0.4, 0.5) is 20.2 Å². The highest BCUT2D eigenvalue weighted by Gasteiger charge is 2.20. The number of benzene rings is 2. The smallest absolute Gasteiger partial charge is 0.293 e. The van der Waals surface area contributed by atoms with Gasteiger partial charge in [0.05, 0.1) is 30.2 Å². The summed E-state index contributed by atoms with van der Waals surface area (Å²) in [6.07, 6.45) is 2.17. The monoisotopic (exact) mass is 387 g/mol. The molecule has 0 saturated heterocycles. The van der Waals surface area contributed by atoms with Crippen molar-refractivity contribution in [1.82, 2.24) is 4.98 Å². The summed E-state index contributed by atoms with van der Waals surface area (Å²) in [7, 11) is 1.43. The van der Waals surface area contributed by atoms with Gasteiger partial charge in [-0.1, -0.05) is 12.1 Å². The first-order chi connectivity index (χ1) is 13.4. The van der Waals surface area contributed by atoms with E-state index >= 15 is 0 Å². The van der Waals surface area contributed by atoms with Crippen LogP contribution in [0.1, 0.15) is 26.5 Å². The molecule has 0 aliphatic rings. The Kier molecular flexibility index (Phi) is 5.35. The number of nitrogens with zero attached hydrogens (tertiary/aromatic N) is 1. The summed E-state index contributed by atoms with van der Waals surface area (Å²) in [6.45, 7) is 1.74. The normalized spacial score (nSPS) is 10.4. The minimum Gasteiger partial charge on any atom is -0.495 e. The molecule has 0 unspecified atom stereocenters. The van der Waals surface area contributed by atoms with Crippen molar-refractivity contribution in [2.45, 2.75) is 6.92 Å². The van der Waals surface area contributed by atoms with Crippen LogP contribution in [-0.4, -0.2) is 23.9 Å². The second kappa shape index (κ2) is 7.87. The van der Waals surface area contributed by atoms with E-state index < -0.39 is 29.0 Å². The van der Waals surface area contributed by atoms with Gasteiger partial charge in [0.15, 0.2) is 6.39 Å². The lowest BCUT2D eigenvalue weighted by Gasteiger charge is -2.14. The number of hydrogen-bond acceptors (Lipinski definition) is 5. The van der Waals surface area contributed by atoms with Crippen molar-refractivity contribution in [2.75, 3.05) is 17.7 Å². The van der Waals surface area contributed by atoms with Crippen LogP contribution in [0, 0.1) is 18.6 Å². The molecule has 144 valence electrons. The van der Waals surface area contributed by atoms with Gasteiger partial charge in [0.25, 0.3) is 11.8 Å². The topological polar surface area (TPSA) is 93.5 Å². The second-order valence-corrected chi connectivity index (χ2v) is 5.74. The molecule has 0 bridgehead atoms. The van der Waals surface area contributed by atoms with Crippen molar-refractivity contribution in [2.24, 2.45) is 0 Å². The molecule has 2 N–H and O–H groups in total. The molecule has 0 atom stereocenters. The van der Waals surface area contributed by atoms with Crippen molar-refractivity contribution in [3.8, 4) is 5.75 Å². The first-order valence-electron chi connectivity index (χ1n) is 8.04. The number of aryl methyl sites for hydroxylation is 1. The molecule has 0 aliphatic heterocycles. The first kappa shape index (κ1) is 19.0. The van der Waals surface area contributed by atoms with Gasteiger partial charge < -0.3 is 19.8 Å². The zero-order valence-electron chi connectivity index (χ0n) is 14.9. The van der Waals surface area contributed by atoms with Crippen LogP contribution in [0.25, 0.3) is 0 Å². The molecule has 3 aromatic rings. The molecule has 28 heavy (non-hydrogen) atoms. The van der Waals surface area contributed by atoms with E-state index in [9.17, 15) is 18.4 Å². The third kappa shape index (κ3) is 3.83. The predicted octanol–water partition coefficient (Wildman–Crippen LogP) is 3.77. The number of carbonyl (C=O) groups excluding carboxylic acids is 2. The largest absolute Gasteiger partial charge is 0.495 e. The van der Waals surface area contributed by atoms with E-state index in [1.165, 1.54) is 7.11 Å². The molecule has 0 fully saturated rings. The summed E-state index contributed by atoms with van der Waals surface area (Å²) < 4.78 is 38.3. The number of rotatable bonds is 5. The number of methoxy groups -OCH3 is 1. The van der Waals surface area contributed by atoms with Gasteiger partial charge in [-0.05, 0) is 24.6 Å². The molecular weight excluding hydrogens is 372 g/mol. The summed E-state index contributed by atoms with van der Waals surface area (Å²) >= 11 is 0. The standard InChI is InChI=1S/C19H15F2N3O4/c1-10-4-3-5-15(27-2)17(10)24-18(25)11-6-14(13(21)7-12(11)20)23-19(26)16-8-22-9-28-16/h3-9H,1-2H3,(H,23,26)(H,24,25). The van der Waals surface area contributed by atoms with Gasteiger partial charge in [0.2, 0.25) is 5.76 Å². The summed E-state index contributed by atoms with van der Waals surface area (Å²) in [5.74, 6) is -3.54. The number of amides is 2. The summed E-state index contributed by atoms with van der Waals surface area (Å²) in [6, 6.07) is 6.52. The number of hydrogen-bond donors (Lipinski definition) is 2. The summed E-state index contributed by atoms with van der Waals surface area (Å²) in [4.78, 5) is 28.1. The summed E-state index contributed by atoms with van der Waals surface area (Å²) in [5.41, 5.74) is 0.198. The molecule has 2 aromatic carbocycles. The number of carbonyl (C=O) groups is 2. The van der Waals surface area contributed by atoms with Gasteiger partial charge in [-0.2, -0.15) is 0 Å². The fraction of sp³-hybridized carbons (Fsp3) is 0.105. The zero-order chi connectivity index (χ0) is 20.3. The Bertz CT molecular complexity index is 1040. The average Bonchev–Trinajstić information content (AvgIpc) is 3.20. The lowest BCUT2D eigenvalue weighted by Crippen LogP contribution is -2.18. The van der Waals surface area contributed by atoms with E-state index in [1.54, 1.807) is 25.1 Å². The Morgan fingerprint density at radius 3 is 2.57 bits per heavy atom. The van der Waals surface area contributed by atoms with E-state index in [4.69, 9.17) is 9.15 Å². The molecule has 0 aliphatic carbocycles. The molecule has 9 heteroatoms. The third-order valence-corrected chi connectivity index (χ3v) is 3.90. The number of nitrogens with one attached hydrogen (secondary N) is 2. The maximum Gasteiger partial charge on any atom is 0.293 e. The lowest BCUT2D eigenvalue weighted by atomic mass is 10.1. The van der Waals surface area contributed by atoms with E-state index in [1.807, 2.05) is 0 Å². The van der Waals surface area contributed by atoms with Gasteiger partial charge in [-0.25, -0.2) is 13.8 Å². The number of oxazole rings is 1. The van der Waals surface area contributed by atoms with E-state index in [2.05, 4.69) is 15.6 Å². The van der Waals surface area contributed by atoms with Crippen molar-refractivity contribution < 1.29 is 27.5 Å². The summed E-state index contributed by atoms with van der Waals surface area (Å²) in [5, 5.41) is 4.76. The molecule has 0 spiro atoms. The van der Waals surface area contributed by atoms with Gasteiger partial charge >= 0.3 is 0 Å². The molecule has 7 nitrogen and oxygen atoms in total. The van der Waals surface area contributed by atoms with Crippen LogP contribution in [0.15, 0.2) is 47.3 Å². The van der Waals surface area contributed by atoms with Crippen LogP contribution >= 0.6 is 0 Å². The van der Waals surface area contributed by atoms with E-state index in [-0.39, 0.29) is 11.4 Å². The highest BCUT2D eigenvalue weighted by Crippen LogP contribution is 2.29. The van der Waals surface area contributed by atoms with Crippen LogP contribution in [0.5, 0.6) is 5.75 Å². The van der Waals surface area contributed by atoms with Crippen LogP contribution in [0.3, 0.4) is 0 Å². The third-order valence-electron chi connectivity index (χ3n) is 3.90. The van der Waals surface area contributed by atoms with Crippen molar-refractivity contribution in [3.63, 3.8) is 0 Å². The van der Waals surface area contributed by atoms with Crippen molar-refractivity contribution in [3.05, 3.63) is 71.4 Å². The number of aromatic nitrogens is 1. The highest BCUT2D eigenvalue weighted by molar-refractivity contribution is 6.07. The van der Waals surface area contributed by atoms with Crippen molar-refractivity contribution >= 4 is 23.2 Å². The molecule has 1 heterocycles. The van der Waals surface area contributed by atoms with Gasteiger partial charge in [-0.3, -0.25) is 9.59 Å². The first-order valence-corrected chi connectivity index (χ1v) is 8.04. The highest BCUT2D eigenvalue weighted by atomic mass is 19.1. The number of anilines is 2. The maximum atomic E-state index is 14.2. The van der Waals surface area contributed by atoms with Crippen LogP contribution < -0.4 is 15.4 Å². The number of para-hydroxylation sites is 1. The molecule has 3 rings (SSSR count). The Morgan fingerprint density at radius 1 is 1.11 bits per heavy atom. The Hall–Kier alpha value is -3.75. The minimum absolute atomic E-state index is 0.167. The minimum atomic E-state index is -1.08. The quantitative estimate of drug-likeness (QED) is 0.695. The Morgan fingerprint density at radius 2 is 1.89 bits per heavy atom. The maximum absolute atomic E-state index is 14.2.